The van der Waals surface area contributed by atoms with Crippen LogP contribution >= 0.6 is 12.2 Å². The topological polar surface area (TPSA) is 94.3 Å². The number of pyridine rings is 1. The van der Waals surface area contributed by atoms with Crippen LogP contribution < -0.4 is 29.8 Å². The Bertz CT molecular complexity index is 1250. The number of rotatable bonds is 9. The maximum absolute atomic E-state index is 12.9. The molecule has 4 rings (SSSR count). The highest BCUT2D eigenvalue weighted by Gasteiger charge is 2.18. The van der Waals surface area contributed by atoms with Crippen molar-refractivity contribution >= 4 is 28.2 Å². The van der Waals surface area contributed by atoms with Gasteiger partial charge in [-0.2, -0.15) is 0 Å². The summed E-state index contributed by atoms with van der Waals surface area (Å²) in [6.07, 6.45) is 0. The third kappa shape index (κ3) is 5.18. The lowest BCUT2D eigenvalue weighted by Crippen LogP contribution is -2.41. The van der Waals surface area contributed by atoms with E-state index in [0.29, 0.717) is 65.4 Å². The second-order valence-corrected chi connectivity index (χ2v) is 8.07. The summed E-state index contributed by atoms with van der Waals surface area (Å²) >= 11 is 5.65. The van der Waals surface area contributed by atoms with Crippen molar-refractivity contribution in [2.24, 2.45) is 0 Å². The zero-order chi connectivity index (χ0) is 24.1. The fourth-order valence-corrected chi connectivity index (χ4v) is 3.96. The molecule has 34 heavy (non-hydrogen) atoms. The average Bonchev–Trinajstić information content (AvgIpc) is 3.31. The molecule has 0 radical (unpaired) electrons. The molecule has 1 aliphatic rings. The van der Waals surface area contributed by atoms with E-state index >= 15 is 0 Å². The summed E-state index contributed by atoms with van der Waals surface area (Å²) in [6, 6.07) is 11.2. The van der Waals surface area contributed by atoms with Crippen LogP contribution in [0.5, 0.6) is 23.0 Å². The van der Waals surface area contributed by atoms with Crippen molar-refractivity contribution in [1.29, 1.82) is 0 Å². The lowest BCUT2D eigenvalue weighted by molar-refractivity contribution is 0.174. The Kier molecular flexibility index (Phi) is 7.39. The summed E-state index contributed by atoms with van der Waals surface area (Å²) in [4.78, 5) is 17.8. The minimum atomic E-state index is -0.199. The Morgan fingerprint density at radius 1 is 1.06 bits per heavy atom. The summed E-state index contributed by atoms with van der Waals surface area (Å²) in [5, 5.41) is 4.54. The summed E-state index contributed by atoms with van der Waals surface area (Å²) in [5.41, 5.74) is 2.00. The molecule has 1 aromatic heterocycles. The van der Waals surface area contributed by atoms with Gasteiger partial charge in [0.2, 0.25) is 6.79 Å². The highest BCUT2D eigenvalue weighted by atomic mass is 32.1. The number of ether oxygens (including phenoxy) is 5. The average molecular weight is 486 g/mol. The number of hydrogen-bond acceptors (Lipinski definition) is 7. The standard InChI is InChI=1S/C24H27N3O6S/c1-29-7-6-25-24(34)27(12-15-4-5-19-22(8-15)33-14-32-19)13-17-9-16-10-20(30-2)21(31-3)11-18(16)26-23(17)28/h4-5,8-11H,6-7,12-14H2,1-3H3,(H,25,34)(H,26,28). The Hall–Kier alpha value is -3.50. The maximum atomic E-state index is 12.9. The molecule has 10 heteroatoms. The molecule has 0 saturated heterocycles. The second-order valence-electron chi connectivity index (χ2n) is 7.69. The molecule has 0 saturated carbocycles. The Morgan fingerprint density at radius 2 is 1.82 bits per heavy atom. The van der Waals surface area contributed by atoms with Crippen LogP contribution in [0.2, 0.25) is 0 Å². The monoisotopic (exact) mass is 485 g/mol. The van der Waals surface area contributed by atoms with Crippen molar-refractivity contribution in [2.45, 2.75) is 13.1 Å². The summed E-state index contributed by atoms with van der Waals surface area (Å²) in [5.74, 6) is 2.54. The largest absolute Gasteiger partial charge is 0.493 e. The molecule has 0 atom stereocenters. The number of fused-ring (bicyclic) bond motifs is 2. The van der Waals surface area contributed by atoms with Crippen molar-refractivity contribution in [3.8, 4) is 23.0 Å². The van der Waals surface area contributed by atoms with Crippen molar-refractivity contribution in [3.05, 3.63) is 57.9 Å². The zero-order valence-corrected chi connectivity index (χ0v) is 20.1. The molecule has 0 spiro atoms. The lowest BCUT2D eigenvalue weighted by Gasteiger charge is -2.26. The molecular weight excluding hydrogens is 458 g/mol. The zero-order valence-electron chi connectivity index (χ0n) is 19.3. The third-order valence-corrected chi connectivity index (χ3v) is 5.87. The Balaban J connectivity index is 1.63. The molecule has 2 aromatic carbocycles. The fourth-order valence-electron chi connectivity index (χ4n) is 3.73. The van der Waals surface area contributed by atoms with Gasteiger partial charge in [0.25, 0.3) is 5.56 Å². The molecular formula is C24H27N3O6S. The van der Waals surface area contributed by atoms with E-state index < -0.39 is 0 Å². The number of aromatic nitrogens is 1. The minimum absolute atomic E-state index is 0.199. The van der Waals surface area contributed by atoms with Crippen LogP contribution in [0, 0.1) is 0 Å². The highest BCUT2D eigenvalue weighted by molar-refractivity contribution is 7.80. The van der Waals surface area contributed by atoms with Crippen molar-refractivity contribution in [1.82, 2.24) is 15.2 Å². The second kappa shape index (κ2) is 10.6. The van der Waals surface area contributed by atoms with Gasteiger partial charge in [0.15, 0.2) is 28.1 Å². The van der Waals surface area contributed by atoms with Crippen LogP contribution in [-0.4, -0.2) is 56.3 Å². The van der Waals surface area contributed by atoms with Gasteiger partial charge in [0, 0.05) is 37.2 Å². The van der Waals surface area contributed by atoms with Crippen LogP contribution in [0.15, 0.2) is 41.2 Å². The Labute approximate surface area is 202 Å². The molecule has 1 aliphatic heterocycles. The van der Waals surface area contributed by atoms with Gasteiger partial charge >= 0.3 is 0 Å². The Morgan fingerprint density at radius 3 is 2.59 bits per heavy atom. The van der Waals surface area contributed by atoms with Gasteiger partial charge in [0.1, 0.15) is 0 Å². The number of H-pyrrole nitrogens is 1. The number of thiocarbonyl (C=S) groups is 1. The summed E-state index contributed by atoms with van der Waals surface area (Å²) < 4.78 is 26.8. The molecule has 9 nitrogen and oxygen atoms in total. The highest BCUT2D eigenvalue weighted by Crippen LogP contribution is 2.33. The molecule has 180 valence electrons. The van der Waals surface area contributed by atoms with Gasteiger partial charge in [-0.05, 0) is 42.0 Å². The van der Waals surface area contributed by atoms with Crippen LogP contribution in [0.25, 0.3) is 10.9 Å². The molecule has 3 aromatic rings. The van der Waals surface area contributed by atoms with Gasteiger partial charge in [-0.15, -0.1) is 0 Å². The fraction of sp³-hybridized carbons (Fsp3) is 0.333. The molecule has 0 unspecified atom stereocenters. The third-order valence-electron chi connectivity index (χ3n) is 5.47. The van der Waals surface area contributed by atoms with E-state index in [1.54, 1.807) is 27.4 Å². The van der Waals surface area contributed by atoms with Gasteiger partial charge in [-0.25, -0.2) is 0 Å². The molecule has 0 bridgehead atoms. The number of methoxy groups -OCH3 is 3. The molecule has 2 heterocycles. The number of nitrogens with zero attached hydrogens (tertiary/aromatic N) is 1. The predicted octanol–water partition coefficient (Wildman–Crippen LogP) is 2.80. The quantitative estimate of drug-likeness (QED) is 0.350. The van der Waals surface area contributed by atoms with Gasteiger partial charge in [0.05, 0.1) is 32.9 Å². The molecule has 0 amide bonds. The smallest absolute Gasteiger partial charge is 0.253 e. The SMILES string of the molecule is COCCNC(=S)N(Cc1ccc2c(c1)OCO2)Cc1cc2cc(OC)c(OC)cc2[nH]c1=O. The number of hydrogen-bond donors (Lipinski definition) is 2. The first-order chi connectivity index (χ1) is 16.5. The predicted molar refractivity (Wildman–Crippen MR) is 132 cm³/mol. The number of nitrogens with one attached hydrogen (secondary N) is 2. The van der Waals surface area contributed by atoms with Crippen molar-refractivity contribution < 1.29 is 23.7 Å². The van der Waals surface area contributed by atoms with Crippen LogP contribution in [0.1, 0.15) is 11.1 Å². The van der Waals surface area contributed by atoms with Crippen molar-refractivity contribution in [2.75, 3.05) is 41.3 Å². The summed E-state index contributed by atoms with van der Waals surface area (Å²) in [7, 11) is 4.77. The lowest BCUT2D eigenvalue weighted by atomic mass is 10.1. The van der Waals surface area contributed by atoms with E-state index in [1.807, 2.05) is 35.2 Å². The van der Waals surface area contributed by atoms with E-state index in [-0.39, 0.29) is 12.4 Å². The molecule has 2 N–H and O–H groups in total. The molecule has 0 fully saturated rings. The van der Waals surface area contributed by atoms with E-state index in [9.17, 15) is 4.79 Å². The van der Waals surface area contributed by atoms with Crippen molar-refractivity contribution in [3.63, 3.8) is 0 Å². The van der Waals surface area contributed by atoms with Crippen LogP contribution in [-0.2, 0) is 17.8 Å². The normalized spacial score (nSPS) is 12.0. The maximum Gasteiger partial charge on any atom is 0.253 e. The minimum Gasteiger partial charge on any atom is -0.493 e. The van der Waals surface area contributed by atoms with E-state index in [0.717, 1.165) is 10.9 Å². The van der Waals surface area contributed by atoms with Crippen LogP contribution in [0.3, 0.4) is 0 Å². The van der Waals surface area contributed by atoms with E-state index in [4.69, 9.17) is 35.9 Å². The van der Waals surface area contributed by atoms with Crippen LogP contribution in [0.4, 0.5) is 0 Å². The van der Waals surface area contributed by atoms with E-state index in [1.165, 1.54) is 0 Å². The first kappa shape index (κ1) is 23.7. The first-order valence-corrected chi connectivity index (χ1v) is 11.1. The van der Waals surface area contributed by atoms with E-state index in [2.05, 4.69) is 10.3 Å². The number of aromatic amines is 1. The van der Waals surface area contributed by atoms with Gasteiger partial charge < -0.3 is 38.9 Å². The first-order valence-electron chi connectivity index (χ1n) is 10.7. The number of benzene rings is 2. The van der Waals surface area contributed by atoms with Gasteiger partial charge in [-0.1, -0.05) is 6.07 Å². The molecule has 0 aliphatic carbocycles. The van der Waals surface area contributed by atoms with Gasteiger partial charge in [-0.3, -0.25) is 4.79 Å². The summed E-state index contributed by atoms with van der Waals surface area (Å²) in [6.45, 7) is 2.04.